The lowest BCUT2D eigenvalue weighted by molar-refractivity contribution is 0.0695. The molecule has 136 valence electrons. The number of thiophene rings is 1. The molecule has 25 heavy (non-hydrogen) atoms. The lowest BCUT2D eigenvalue weighted by Gasteiger charge is -2.28. The second-order valence-electron chi connectivity index (χ2n) is 6.86. The molecule has 1 aliphatic rings. The van der Waals surface area contributed by atoms with E-state index in [-0.39, 0.29) is 23.5 Å². The summed E-state index contributed by atoms with van der Waals surface area (Å²) in [7, 11) is 0.973. The monoisotopic (exact) mass is 380 g/mol. The van der Waals surface area contributed by atoms with Gasteiger partial charge in [0.15, 0.2) is 9.84 Å². The van der Waals surface area contributed by atoms with Crippen molar-refractivity contribution in [1.29, 1.82) is 0 Å². The Balaban J connectivity index is 1.83. The molecule has 1 unspecified atom stereocenters. The summed E-state index contributed by atoms with van der Waals surface area (Å²) in [6.07, 6.45) is 1.38. The smallest absolute Gasteiger partial charge is 0.264 e. The van der Waals surface area contributed by atoms with E-state index in [1.165, 1.54) is 11.3 Å². The molecule has 0 saturated carbocycles. The maximum Gasteiger partial charge on any atom is 0.264 e. The summed E-state index contributed by atoms with van der Waals surface area (Å²) in [6.45, 7) is 1.46. The third-order valence-corrected chi connectivity index (χ3v) is 7.41. The zero-order valence-corrected chi connectivity index (χ0v) is 16.3. The Morgan fingerprint density at radius 3 is 2.64 bits per heavy atom. The van der Waals surface area contributed by atoms with Crippen molar-refractivity contribution in [3.05, 3.63) is 35.2 Å². The minimum atomic E-state index is -3.02. The first kappa shape index (κ1) is 18.4. The van der Waals surface area contributed by atoms with E-state index in [1.54, 1.807) is 4.90 Å². The molecular weight excluding hydrogens is 356 g/mol. The zero-order chi connectivity index (χ0) is 18.0. The molecule has 1 saturated heterocycles. The molecule has 7 heteroatoms. The number of carbonyl (C=O) groups excluding carboxylic acids is 1. The fourth-order valence-electron chi connectivity index (χ4n) is 3.26. The molecule has 1 aromatic heterocycles. The molecule has 0 bridgehead atoms. The second kappa shape index (κ2) is 7.43. The van der Waals surface area contributed by atoms with E-state index in [2.05, 4.69) is 4.90 Å². The van der Waals surface area contributed by atoms with Crippen LogP contribution in [-0.2, 0) is 9.84 Å². The van der Waals surface area contributed by atoms with Crippen LogP contribution in [0.2, 0.25) is 0 Å². The molecule has 0 aliphatic carbocycles. The molecule has 0 radical (unpaired) electrons. The first-order valence-electron chi connectivity index (χ1n) is 8.50. The molecule has 0 spiro atoms. The van der Waals surface area contributed by atoms with Gasteiger partial charge >= 0.3 is 0 Å². The number of sulfone groups is 1. The van der Waals surface area contributed by atoms with E-state index in [1.807, 2.05) is 44.4 Å². The number of amides is 1. The third-order valence-electron chi connectivity index (χ3n) is 4.55. The Morgan fingerprint density at radius 2 is 2.00 bits per heavy atom. The molecule has 0 N–H and O–H groups in total. The second-order valence-corrected chi connectivity index (χ2v) is 10.2. The third kappa shape index (κ3) is 4.40. The van der Waals surface area contributed by atoms with E-state index < -0.39 is 9.84 Å². The SMILES string of the molecule is CN(C)CCCN(C(=O)c1cc2ccccc2s1)C1CCS(=O)(=O)C1. The van der Waals surface area contributed by atoms with Gasteiger partial charge in [0.05, 0.1) is 16.4 Å². The Morgan fingerprint density at radius 1 is 1.24 bits per heavy atom. The van der Waals surface area contributed by atoms with Crippen molar-refractivity contribution in [1.82, 2.24) is 9.80 Å². The Hall–Kier alpha value is -1.44. The van der Waals surface area contributed by atoms with Gasteiger partial charge in [0.1, 0.15) is 0 Å². The van der Waals surface area contributed by atoms with Gasteiger partial charge in [-0.15, -0.1) is 11.3 Å². The van der Waals surface area contributed by atoms with Crippen molar-refractivity contribution in [2.45, 2.75) is 18.9 Å². The van der Waals surface area contributed by atoms with Crippen molar-refractivity contribution in [3.63, 3.8) is 0 Å². The lowest BCUT2D eigenvalue weighted by Crippen LogP contribution is -2.42. The summed E-state index contributed by atoms with van der Waals surface area (Å²) in [4.78, 5) is 17.7. The average Bonchev–Trinajstić information content (AvgIpc) is 3.13. The summed E-state index contributed by atoms with van der Waals surface area (Å²) in [5.74, 6) is 0.231. The maximum atomic E-state index is 13.1. The van der Waals surface area contributed by atoms with E-state index in [4.69, 9.17) is 0 Å². The van der Waals surface area contributed by atoms with Crippen LogP contribution in [0.1, 0.15) is 22.5 Å². The maximum absolute atomic E-state index is 13.1. The van der Waals surface area contributed by atoms with E-state index in [9.17, 15) is 13.2 Å². The first-order chi connectivity index (χ1) is 11.9. The zero-order valence-electron chi connectivity index (χ0n) is 14.6. The lowest BCUT2D eigenvalue weighted by atomic mass is 10.2. The van der Waals surface area contributed by atoms with Crippen LogP contribution in [0.25, 0.3) is 10.1 Å². The largest absolute Gasteiger partial charge is 0.334 e. The van der Waals surface area contributed by atoms with Crippen molar-refractivity contribution in [3.8, 4) is 0 Å². The van der Waals surface area contributed by atoms with Gasteiger partial charge in [0.25, 0.3) is 5.91 Å². The van der Waals surface area contributed by atoms with Crippen molar-refractivity contribution < 1.29 is 13.2 Å². The number of fused-ring (bicyclic) bond motifs is 1. The molecule has 1 aromatic carbocycles. The quantitative estimate of drug-likeness (QED) is 0.773. The number of carbonyl (C=O) groups is 1. The van der Waals surface area contributed by atoms with Gasteiger partial charge in [-0.05, 0) is 51.0 Å². The normalized spacial score (nSPS) is 19.6. The molecular formula is C18H24N2O3S2. The van der Waals surface area contributed by atoms with Gasteiger partial charge in [0, 0.05) is 17.3 Å². The van der Waals surface area contributed by atoms with Gasteiger partial charge < -0.3 is 9.80 Å². The van der Waals surface area contributed by atoms with Gasteiger partial charge in [0.2, 0.25) is 0 Å². The van der Waals surface area contributed by atoms with Crippen LogP contribution in [0.4, 0.5) is 0 Å². The van der Waals surface area contributed by atoms with Crippen molar-refractivity contribution >= 4 is 37.2 Å². The molecule has 1 fully saturated rings. The fraction of sp³-hybridized carbons (Fsp3) is 0.500. The highest BCUT2D eigenvalue weighted by Crippen LogP contribution is 2.28. The number of rotatable bonds is 6. The van der Waals surface area contributed by atoms with E-state index in [0.717, 1.165) is 23.1 Å². The van der Waals surface area contributed by atoms with Crippen LogP contribution in [0, 0.1) is 0 Å². The van der Waals surface area contributed by atoms with E-state index >= 15 is 0 Å². The summed E-state index contributed by atoms with van der Waals surface area (Å²) in [5.41, 5.74) is 0. The molecule has 2 heterocycles. The fourth-order valence-corrected chi connectivity index (χ4v) is 6.01. The highest BCUT2D eigenvalue weighted by Gasteiger charge is 2.35. The first-order valence-corrected chi connectivity index (χ1v) is 11.1. The Bertz CT molecular complexity index is 825. The van der Waals surface area contributed by atoms with Gasteiger partial charge in [-0.25, -0.2) is 8.42 Å². The van der Waals surface area contributed by atoms with Crippen molar-refractivity contribution in [2.24, 2.45) is 0 Å². The average molecular weight is 381 g/mol. The number of nitrogens with zero attached hydrogens (tertiary/aromatic N) is 2. The van der Waals surface area contributed by atoms with Gasteiger partial charge in [-0.1, -0.05) is 18.2 Å². The van der Waals surface area contributed by atoms with Crippen LogP contribution in [0.15, 0.2) is 30.3 Å². The highest BCUT2D eigenvalue weighted by molar-refractivity contribution is 7.91. The van der Waals surface area contributed by atoms with Crippen LogP contribution >= 0.6 is 11.3 Å². The minimum absolute atomic E-state index is 0.0398. The Labute approximate surface area is 153 Å². The van der Waals surface area contributed by atoms with E-state index in [0.29, 0.717) is 17.8 Å². The minimum Gasteiger partial charge on any atom is -0.334 e. The molecule has 1 atom stereocenters. The molecule has 1 aliphatic heterocycles. The number of hydrogen-bond donors (Lipinski definition) is 0. The number of hydrogen-bond acceptors (Lipinski definition) is 5. The standard InChI is InChI=1S/C18H24N2O3S2/c1-19(2)9-5-10-20(15-8-11-25(22,23)13-15)18(21)17-12-14-6-3-4-7-16(14)24-17/h3-4,6-7,12,15H,5,8-11,13H2,1-2H3. The predicted octanol–water partition coefficient (Wildman–Crippen LogP) is 2.48. The van der Waals surface area contributed by atoms with Crippen molar-refractivity contribution in [2.75, 3.05) is 38.7 Å². The summed E-state index contributed by atoms with van der Waals surface area (Å²) >= 11 is 1.48. The topological polar surface area (TPSA) is 57.7 Å². The van der Waals surface area contributed by atoms with Gasteiger partial charge in [-0.2, -0.15) is 0 Å². The summed E-state index contributed by atoms with van der Waals surface area (Å²) in [6, 6.07) is 9.65. The molecule has 3 rings (SSSR count). The van der Waals surface area contributed by atoms with Gasteiger partial charge in [-0.3, -0.25) is 4.79 Å². The summed E-state index contributed by atoms with van der Waals surface area (Å²) < 4.78 is 24.8. The highest BCUT2D eigenvalue weighted by atomic mass is 32.2. The van der Waals surface area contributed by atoms with Crippen LogP contribution in [0.5, 0.6) is 0 Å². The van der Waals surface area contributed by atoms with Crippen LogP contribution in [0.3, 0.4) is 0 Å². The van der Waals surface area contributed by atoms with Crippen LogP contribution < -0.4 is 0 Å². The number of benzene rings is 1. The Kier molecular flexibility index (Phi) is 5.46. The summed E-state index contributed by atoms with van der Waals surface area (Å²) in [5, 5.41) is 1.06. The molecule has 5 nitrogen and oxygen atoms in total. The molecule has 1 amide bonds. The predicted molar refractivity (Wildman–Crippen MR) is 103 cm³/mol. The van der Waals surface area contributed by atoms with Crippen LogP contribution in [-0.4, -0.2) is 68.9 Å². The molecule has 2 aromatic rings.